The highest BCUT2D eigenvalue weighted by Crippen LogP contribution is 2.39. The van der Waals surface area contributed by atoms with Gasteiger partial charge in [-0.25, -0.2) is 33.5 Å². The molecule has 2 aliphatic heterocycles. The molecule has 0 spiro atoms. The van der Waals surface area contributed by atoms with Crippen molar-refractivity contribution in [2.45, 2.75) is 43.7 Å². The molecule has 3 atom stereocenters. The Kier molecular flexibility index (Phi) is 7.44. The lowest BCUT2D eigenvalue weighted by atomic mass is 10.1. The largest absolute Gasteiger partial charge is 0.503 e. The van der Waals surface area contributed by atoms with Gasteiger partial charge in [0, 0.05) is 5.38 Å². The summed E-state index contributed by atoms with van der Waals surface area (Å²) in [4.78, 5) is 103. The lowest BCUT2D eigenvalue weighted by Crippen LogP contribution is -2.57. The van der Waals surface area contributed by atoms with Gasteiger partial charge in [-0.3, -0.25) is 14.4 Å². The van der Waals surface area contributed by atoms with E-state index < -0.39 is 94.7 Å². The number of nitrogen functional groups attached to an aromatic ring is 1. The standard InChI is InChI=1S/C23H22N8O14S/c1-22(2,17(37)38)45-27-13(9-7-46-19(24)26-9)14(34)25-8-6-43-31(15(8)35)23(18(39)40)3-10(16(36)44-23)30-20(41)28-4-11(32)12(33)5-29(28)21(30)42/h4-5,7-8,10,32-33H,3,6H2,1-2H3,(H2,24,26)(H,25,34)(H,37,38)(H,39,40)/b27-13-/t8-,10?,23?/m0/s1. The van der Waals surface area contributed by atoms with Crippen LogP contribution in [-0.4, -0.2) is 103 Å². The summed E-state index contributed by atoms with van der Waals surface area (Å²) in [5, 5.41) is 46.1. The Bertz CT molecular complexity index is 1920. The number of rotatable bonds is 9. The van der Waals surface area contributed by atoms with Crippen molar-refractivity contribution in [3.05, 3.63) is 44.4 Å². The van der Waals surface area contributed by atoms with Crippen molar-refractivity contribution in [2.24, 2.45) is 5.16 Å². The molecule has 5 heterocycles. The van der Waals surface area contributed by atoms with Crippen LogP contribution in [0.2, 0.25) is 0 Å². The molecule has 46 heavy (non-hydrogen) atoms. The van der Waals surface area contributed by atoms with Crippen molar-refractivity contribution in [2.75, 3.05) is 12.3 Å². The number of thiazole rings is 1. The van der Waals surface area contributed by atoms with E-state index in [9.17, 15) is 54.0 Å². The third-order valence-electron chi connectivity index (χ3n) is 6.81. The lowest BCUT2D eigenvalue weighted by Gasteiger charge is -2.30. The van der Waals surface area contributed by atoms with Crippen LogP contribution in [-0.2, 0) is 38.4 Å². The maximum atomic E-state index is 13.4. The number of fused-ring (bicyclic) bond motifs is 1. The fourth-order valence-electron chi connectivity index (χ4n) is 4.35. The first-order valence-corrected chi connectivity index (χ1v) is 13.6. The second kappa shape index (κ2) is 10.9. The van der Waals surface area contributed by atoms with Gasteiger partial charge in [0.2, 0.25) is 5.60 Å². The minimum atomic E-state index is -2.93. The molecule has 0 saturated carbocycles. The van der Waals surface area contributed by atoms with Crippen LogP contribution in [0.4, 0.5) is 5.13 Å². The topological polar surface area (TPSA) is 308 Å². The summed E-state index contributed by atoms with van der Waals surface area (Å²) in [7, 11) is 0. The number of hydrogen-bond acceptors (Lipinski definition) is 16. The lowest BCUT2D eigenvalue weighted by molar-refractivity contribution is -0.256. The Morgan fingerprint density at radius 3 is 2.26 bits per heavy atom. The highest BCUT2D eigenvalue weighted by atomic mass is 32.1. The number of aliphatic carboxylic acids is 2. The first-order valence-electron chi connectivity index (χ1n) is 12.7. The third-order valence-corrected chi connectivity index (χ3v) is 7.48. The van der Waals surface area contributed by atoms with Crippen LogP contribution in [0.15, 0.2) is 32.5 Å². The van der Waals surface area contributed by atoms with Crippen LogP contribution in [0.3, 0.4) is 0 Å². The second-order valence-electron chi connectivity index (χ2n) is 10.3. The molecule has 2 amide bonds. The molecule has 23 heteroatoms. The minimum Gasteiger partial charge on any atom is -0.503 e. The van der Waals surface area contributed by atoms with E-state index in [1.54, 1.807) is 0 Å². The minimum absolute atomic E-state index is 0.00362. The Labute approximate surface area is 257 Å². The molecule has 3 aromatic heterocycles. The van der Waals surface area contributed by atoms with Crippen molar-refractivity contribution >= 4 is 51.9 Å². The van der Waals surface area contributed by atoms with Crippen LogP contribution in [0.25, 0.3) is 0 Å². The average Bonchev–Trinajstić information content (AvgIpc) is 3.71. The predicted molar refractivity (Wildman–Crippen MR) is 145 cm³/mol. The maximum absolute atomic E-state index is 13.4. The molecular formula is C23H22N8O14S. The molecule has 0 radical (unpaired) electrons. The number of oxime groups is 1. The van der Waals surface area contributed by atoms with Crippen molar-refractivity contribution in [3.63, 3.8) is 0 Å². The highest BCUT2D eigenvalue weighted by Gasteiger charge is 2.63. The van der Waals surface area contributed by atoms with Crippen LogP contribution < -0.4 is 22.4 Å². The number of hydrogen-bond donors (Lipinski definition) is 6. The smallest absolute Gasteiger partial charge is 0.372 e. The molecule has 0 aromatic carbocycles. The number of nitrogens with two attached hydrogens (primary N) is 1. The van der Waals surface area contributed by atoms with Gasteiger partial charge in [-0.1, -0.05) is 5.16 Å². The molecule has 2 aliphatic rings. The molecular weight excluding hydrogens is 644 g/mol. The van der Waals surface area contributed by atoms with E-state index in [4.69, 9.17) is 20.1 Å². The summed E-state index contributed by atoms with van der Waals surface area (Å²) < 4.78 is 6.41. The number of carboxylic acids is 2. The Hall–Kier alpha value is -5.97. The fourth-order valence-corrected chi connectivity index (χ4v) is 4.90. The fraction of sp³-hybridized carbons (Fsp3) is 0.348. The average molecular weight is 667 g/mol. The SMILES string of the molecule is CC(C)(O/N=C(\C(=O)N[C@H]1CON(C2(C(=O)O)CC(n3c(=O)n4cc(O)c(O)cn4c3=O)C(=O)O2)C1=O)c1csc(N)n1)C(=O)O. The van der Waals surface area contributed by atoms with E-state index in [-0.39, 0.29) is 15.9 Å². The molecule has 3 aromatic rings. The maximum Gasteiger partial charge on any atom is 0.372 e. The highest BCUT2D eigenvalue weighted by molar-refractivity contribution is 7.13. The van der Waals surface area contributed by atoms with Gasteiger partial charge in [0.1, 0.15) is 24.4 Å². The number of nitrogens with one attached hydrogen (secondary N) is 1. The number of hydroxylamine groups is 2. The first kappa shape index (κ1) is 31.5. The zero-order chi connectivity index (χ0) is 33.9. The molecule has 5 rings (SSSR count). The van der Waals surface area contributed by atoms with Crippen molar-refractivity contribution in [3.8, 4) is 11.5 Å². The van der Waals surface area contributed by atoms with Crippen LogP contribution >= 0.6 is 11.3 Å². The Morgan fingerprint density at radius 1 is 1.13 bits per heavy atom. The van der Waals surface area contributed by atoms with Gasteiger partial charge in [-0.05, 0) is 13.8 Å². The Balaban J connectivity index is 1.42. The van der Waals surface area contributed by atoms with Gasteiger partial charge in [-0.2, -0.15) is 14.1 Å². The number of aromatic nitrogens is 4. The number of amides is 2. The van der Waals surface area contributed by atoms with Crippen LogP contribution in [0.5, 0.6) is 11.5 Å². The number of cyclic esters (lactones) is 1. The molecule has 0 bridgehead atoms. The van der Waals surface area contributed by atoms with Crippen LogP contribution in [0.1, 0.15) is 32.0 Å². The van der Waals surface area contributed by atoms with E-state index in [0.29, 0.717) is 26.0 Å². The van der Waals surface area contributed by atoms with Gasteiger partial charge >= 0.3 is 35.0 Å². The van der Waals surface area contributed by atoms with E-state index in [1.165, 1.54) is 5.38 Å². The van der Waals surface area contributed by atoms with Gasteiger partial charge < -0.3 is 41.1 Å². The summed E-state index contributed by atoms with van der Waals surface area (Å²) in [6, 6.07) is -3.56. The summed E-state index contributed by atoms with van der Waals surface area (Å²) in [5.74, 6) is -8.77. The van der Waals surface area contributed by atoms with E-state index in [1.807, 2.05) is 0 Å². The number of anilines is 1. The predicted octanol–water partition coefficient (Wildman–Crippen LogP) is -3.18. The molecule has 244 valence electrons. The molecule has 22 nitrogen and oxygen atoms in total. The van der Waals surface area contributed by atoms with E-state index in [0.717, 1.165) is 25.2 Å². The van der Waals surface area contributed by atoms with Crippen molar-refractivity contribution in [1.29, 1.82) is 0 Å². The monoisotopic (exact) mass is 666 g/mol. The molecule has 7 N–H and O–H groups in total. The number of carboxylic acid groups (broad SMARTS) is 2. The number of ether oxygens (including phenoxy) is 1. The molecule has 2 fully saturated rings. The number of carbonyl (C=O) groups is 5. The molecule has 0 aliphatic carbocycles. The van der Waals surface area contributed by atoms with Gasteiger partial charge in [0.25, 0.3) is 11.8 Å². The normalized spacial score (nSPS) is 21.9. The Morgan fingerprint density at radius 2 is 1.74 bits per heavy atom. The zero-order valence-electron chi connectivity index (χ0n) is 23.3. The van der Waals surface area contributed by atoms with Gasteiger partial charge in [0.05, 0.1) is 18.8 Å². The van der Waals surface area contributed by atoms with Crippen LogP contribution in [0, 0.1) is 0 Å². The van der Waals surface area contributed by atoms with Gasteiger partial charge in [0.15, 0.2) is 22.3 Å². The molecule has 2 saturated heterocycles. The van der Waals surface area contributed by atoms with Crippen molar-refractivity contribution < 1.29 is 58.8 Å². The number of esters is 1. The van der Waals surface area contributed by atoms with E-state index in [2.05, 4.69) is 15.5 Å². The summed E-state index contributed by atoms with van der Waals surface area (Å²) in [5.41, 5.74) is -2.43. The zero-order valence-corrected chi connectivity index (χ0v) is 24.2. The summed E-state index contributed by atoms with van der Waals surface area (Å²) in [6.07, 6.45) is 0.318. The quantitative estimate of drug-likeness (QED) is 0.0745. The second-order valence-corrected chi connectivity index (χ2v) is 11.1. The first-order chi connectivity index (χ1) is 21.5. The van der Waals surface area contributed by atoms with Gasteiger partial charge in [-0.15, -0.1) is 11.3 Å². The number of carbonyl (C=O) groups excluding carboxylic acids is 3. The number of nitrogens with zero attached hydrogens (tertiary/aromatic N) is 6. The summed E-state index contributed by atoms with van der Waals surface area (Å²) in [6.45, 7) is 1.59. The van der Waals surface area contributed by atoms with E-state index >= 15 is 0 Å². The third kappa shape index (κ3) is 5.01. The number of aromatic hydroxyl groups is 2. The molecule has 2 unspecified atom stereocenters. The summed E-state index contributed by atoms with van der Waals surface area (Å²) >= 11 is 0.902. The van der Waals surface area contributed by atoms with Crippen molar-refractivity contribution in [1.82, 2.24) is 29.0 Å².